The number of nitrogens with two attached hydrogens (primary N) is 1. The number of rotatable bonds is 8. The zero-order chi connectivity index (χ0) is 26.9. The van der Waals surface area contributed by atoms with E-state index in [0.29, 0.717) is 6.42 Å². The zero-order valence-corrected chi connectivity index (χ0v) is 19.5. The quantitative estimate of drug-likeness (QED) is 0.525. The number of halogens is 3. The van der Waals surface area contributed by atoms with E-state index in [1.807, 2.05) is 54.6 Å². The SMILES string of the molecule is CCOC(=O)[C@@H]1Cc2ccccc2N1C(=O)CC[C@@H](N)C(=O)Cc1ccccc1.O=C(O)C(F)(F)F. The van der Waals surface area contributed by atoms with E-state index < -0.39 is 30.2 Å². The third-order valence-electron chi connectivity index (χ3n) is 5.35. The molecular weight excluding hydrogens is 481 g/mol. The molecule has 2 atom stereocenters. The number of Topliss-reactive ketones (excluding diaryl/α,β-unsaturated/α-hetero) is 1. The summed E-state index contributed by atoms with van der Waals surface area (Å²) in [7, 11) is 0. The summed E-state index contributed by atoms with van der Waals surface area (Å²) in [6, 6.07) is 15.4. The number of benzene rings is 2. The number of fused-ring (bicyclic) bond motifs is 1. The number of aliphatic carboxylic acids is 1. The number of carbonyl (C=O) groups is 4. The van der Waals surface area contributed by atoms with E-state index in [2.05, 4.69) is 0 Å². The van der Waals surface area contributed by atoms with Gasteiger partial charge in [0.15, 0.2) is 5.78 Å². The van der Waals surface area contributed by atoms with Crippen molar-refractivity contribution in [1.29, 1.82) is 0 Å². The van der Waals surface area contributed by atoms with Crippen LogP contribution in [0.1, 0.15) is 30.9 Å². The summed E-state index contributed by atoms with van der Waals surface area (Å²) >= 11 is 0. The average molecular weight is 508 g/mol. The highest BCUT2D eigenvalue weighted by atomic mass is 19.4. The molecule has 0 saturated carbocycles. The lowest BCUT2D eigenvalue weighted by Gasteiger charge is -2.24. The third-order valence-corrected chi connectivity index (χ3v) is 5.35. The number of carboxylic acids is 1. The van der Waals surface area contributed by atoms with E-state index in [-0.39, 0.29) is 37.6 Å². The largest absolute Gasteiger partial charge is 0.490 e. The van der Waals surface area contributed by atoms with Crippen LogP contribution >= 0.6 is 0 Å². The van der Waals surface area contributed by atoms with E-state index in [1.165, 1.54) is 4.90 Å². The fraction of sp³-hybridized carbons (Fsp3) is 0.360. The number of hydrogen-bond donors (Lipinski definition) is 2. The van der Waals surface area contributed by atoms with E-state index >= 15 is 0 Å². The minimum Gasteiger partial charge on any atom is -0.475 e. The topological polar surface area (TPSA) is 127 Å². The number of ether oxygens (including phenoxy) is 1. The van der Waals surface area contributed by atoms with Crippen molar-refractivity contribution >= 4 is 29.3 Å². The van der Waals surface area contributed by atoms with E-state index in [9.17, 15) is 27.6 Å². The first-order valence-corrected chi connectivity index (χ1v) is 11.1. The molecule has 0 saturated heterocycles. The second kappa shape index (κ2) is 12.8. The summed E-state index contributed by atoms with van der Waals surface area (Å²) < 4.78 is 36.9. The Morgan fingerprint density at radius 3 is 2.25 bits per heavy atom. The molecule has 3 N–H and O–H groups in total. The molecule has 2 aromatic carbocycles. The van der Waals surface area contributed by atoms with Crippen molar-refractivity contribution in [1.82, 2.24) is 0 Å². The Labute approximate surface area is 205 Å². The van der Waals surface area contributed by atoms with Crippen LogP contribution in [0.4, 0.5) is 18.9 Å². The van der Waals surface area contributed by atoms with Gasteiger partial charge in [0.2, 0.25) is 5.91 Å². The van der Waals surface area contributed by atoms with Crippen molar-refractivity contribution in [3.8, 4) is 0 Å². The van der Waals surface area contributed by atoms with Gasteiger partial charge in [0.05, 0.1) is 12.6 Å². The molecule has 0 radical (unpaired) electrons. The molecule has 1 amide bonds. The van der Waals surface area contributed by atoms with Crippen LogP contribution in [-0.4, -0.2) is 53.6 Å². The van der Waals surface area contributed by atoms with Gasteiger partial charge in [-0.25, -0.2) is 9.59 Å². The van der Waals surface area contributed by atoms with Gasteiger partial charge in [-0.05, 0) is 30.5 Å². The summed E-state index contributed by atoms with van der Waals surface area (Å²) in [5.74, 6) is -3.50. The smallest absolute Gasteiger partial charge is 0.475 e. The Bertz CT molecular complexity index is 1070. The van der Waals surface area contributed by atoms with Crippen LogP contribution in [0.3, 0.4) is 0 Å². The van der Waals surface area contributed by atoms with Crippen molar-refractivity contribution < 1.29 is 42.2 Å². The molecule has 2 aromatic rings. The van der Waals surface area contributed by atoms with Crippen LogP contribution in [0.25, 0.3) is 0 Å². The molecule has 0 unspecified atom stereocenters. The van der Waals surface area contributed by atoms with E-state index in [4.69, 9.17) is 20.4 Å². The zero-order valence-electron chi connectivity index (χ0n) is 19.5. The first-order valence-electron chi connectivity index (χ1n) is 11.1. The number of para-hydroxylation sites is 1. The molecule has 1 heterocycles. The molecular formula is C25H27F3N2O6. The molecule has 0 fully saturated rings. The number of anilines is 1. The summed E-state index contributed by atoms with van der Waals surface area (Å²) in [4.78, 5) is 48.1. The Morgan fingerprint density at radius 2 is 1.67 bits per heavy atom. The molecule has 0 bridgehead atoms. The van der Waals surface area contributed by atoms with Gasteiger partial charge in [0.1, 0.15) is 6.04 Å². The number of carboxylic acid groups (broad SMARTS) is 1. The average Bonchev–Trinajstić information content (AvgIpc) is 3.23. The standard InChI is InChI=1S/C23H26N2O4.C2HF3O2/c1-2-29-23(28)20-15-17-10-6-7-11-19(17)25(20)22(27)13-12-18(24)21(26)14-16-8-4-3-5-9-16;3-2(4,5)1(6)7/h3-11,18,20H,2,12-15,24H2,1H3;(H,6,7)/t18-,20+;/m1./s1. The Balaban J connectivity index is 0.000000572. The molecule has 0 aliphatic carbocycles. The van der Waals surface area contributed by atoms with Crippen LogP contribution in [0.5, 0.6) is 0 Å². The molecule has 1 aliphatic heterocycles. The summed E-state index contributed by atoms with van der Waals surface area (Å²) in [5.41, 5.74) is 8.59. The first-order chi connectivity index (χ1) is 17.0. The number of alkyl halides is 3. The van der Waals surface area contributed by atoms with Crippen LogP contribution in [-0.2, 0) is 36.8 Å². The van der Waals surface area contributed by atoms with Crippen molar-refractivity contribution in [2.24, 2.45) is 5.73 Å². The summed E-state index contributed by atoms with van der Waals surface area (Å²) in [6.07, 6.45) is -4.08. The second-order valence-electron chi connectivity index (χ2n) is 7.94. The maximum absolute atomic E-state index is 13.0. The van der Waals surface area contributed by atoms with Crippen LogP contribution < -0.4 is 10.6 Å². The van der Waals surface area contributed by atoms with Gasteiger partial charge >= 0.3 is 18.1 Å². The molecule has 36 heavy (non-hydrogen) atoms. The fourth-order valence-electron chi connectivity index (χ4n) is 3.61. The molecule has 8 nitrogen and oxygen atoms in total. The highest BCUT2D eigenvalue weighted by Crippen LogP contribution is 2.33. The van der Waals surface area contributed by atoms with Crippen molar-refractivity contribution in [2.75, 3.05) is 11.5 Å². The maximum Gasteiger partial charge on any atom is 0.490 e. The second-order valence-corrected chi connectivity index (χ2v) is 7.94. The Hall–Kier alpha value is -3.73. The van der Waals surface area contributed by atoms with Gasteiger partial charge in [-0.1, -0.05) is 48.5 Å². The number of nitrogens with zero attached hydrogens (tertiary/aromatic N) is 1. The number of hydrogen-bond acceptors (Lipinski definition) is 6. The first kappa shape index (κ1) is 28.5. The fourth-order valence-corrected chi connectivity index (χ4v) is 3.61. The van der Waals surface area contributed by atoms with Crippen LogP contribution in [0.2, 0.25) is 0 Å². The molecule has 194 valence electrons. The predicted octanol–water partition coefficient (Wildman–Crippen LogP) is 3.06. The number of amides is 1. The minimum absolute atomic E-state index is 0.0892. The lowest BCUT2D eigenvalue weighted by molar-refractivity contribution is -0.192. The highest BCUT2D eigenvalue weighted by Gasteiger charge is 2.39. The Kier molecular flexibility index (Phi) is 10.2. The number of carbonyl (C=O) groups excluding carboxylic acids is 3. The molecule has 0 spiro atoms. The predicted molar refractivity (Wildman–Crippen MR) is 124 cm³/mol. The van der Waals surface area contributed by atoms with Gasteiger partial charge in [0.25, 0.3) is 0 Å². The van der Waals surface area contributed by atoms with Crippen LogP contribution in [0, 0.1) is 0 Å². The van der Waals surface area contributed by atoms with E-state index in [0.717, 1.165) is 16.8 Å². The van der Waals surface area contributed by atoms with Crippen molar-refractivity contribution in [3.05, 3.63) is 65.7 Å². The Morgan fingerprint density at radius 1 is 1.08 bits per heavy atom. The number of ketones is 1. The van der Waals surface area contributed by atoms with Gasteiger partial charge in [-0.2, -0.15) is 13.2 Å². The molecule has 11 heteroatoms. The summed E-state index contributed by atoms with van der Waals surface area (Å²) in [6.45, 7) is 2.00. The van der Waals surface area contributed by atoms with E-state index in [1.54, 1.807) is 6.92 Å². The molecule has 3 rings (SSSR count). The minimum atomic E-state index is -5.08. The summed E-state index contributed by atoms with van der Waals surface area (Å²) in [5, 5.41) is 7.12. The lowest BCUT2D eigenvalue weighted by atomic mass is 10.0. The number of esters is 1. The van der Waals surface area contributed by atoms with Gasteiger partial charge in [-0.3, -0.25) is 14.5 Å². The third kappa shape index (κ3) is 7.91. The molecule has 1 aliphatic rings. The molecule has 0 aromatic heterocycles. The van der Waals surface area contributed by atoms with Crippen molar-refractivity contribution in [3.63, 3.8) is 0 Å². The maximum atomic E-state index is 13.0. The van der Waals surface area contributed by atoms with Gasteiger partial charge < -0.3 is 15.6 Å². The normalized spacial score (nSPS) is 15.2. The van der Waals surface area contributed by atoms with Gasteiger partial charge in [0, 0.05) is 24.9 Å². The monoisotopic (exact) mass is 508 g/mol. The highest BCUT2D eigenvalue weighted by molar-refractivity contribution is 6.02. The lowest BCUT2D eigenvalue weighted by Crippen LogP contribution is -2.44. The van der Waals surface area contributed by atoms with Crippen LogP contribution in [0.15, 0.2) is 54.6 Å². The van der Waals surface area contributed by atoms with Gasteiger partial charge in [-0.15, -0.1) is 0 Å². The van der Waals surface area contributed by atoms with Crippen molar-refractivity contribution in [2.45, 2.75) is 50.9 Å².